The zero-order valence-corrected chi connectivity index (χ0v) is 25.4. The number of rotatable bonds is 8. The smallest absolute Gasteiger partial charge is 0.224 e. The van der Waals surface area contributed by atoms with Crippen LogP contribution in [-0.2, 0) is 9.84 Å². The van der Waals surface area contributed by atoms with E-state index in [1.807, 2.05) is 13.8 Å². The van der Waals surface area contributed by atoms with Crippen molar-refractivity contribution in [2.75, 3.05) is 31.2 Å². The lowest BCUT2D eigenvalue weighted by molar-refractivity contribution is 0.239. The van der Waals surface area contributed by atoms with Gasteiger partial charge in [0.25, 0.3) is 0 Å². The number of ether oxygens (including phenoxy) is 1. The number of likely N-dealkylation sites (tertiary alicyclic amines) is 1. The Morgan fingerprint density at radius 2 is 1.78 bits per heavy atom. The Morgan fingerprint density at radius 1 is 1.07 bits per heavy atom. The van der Waals surface area contributed by atoms with Crippen molar-refractivity contribution >= 4 is 38.3 Å². The molecule has 0 amide bonds. The molecule has 0 aliphatic carbocycles. The molecule has 5 rings (SSSR count). The Hall–Kier alpha value is -3.70. The van der Waals surface area contributed by atoms with Gasteiger partial charge >= 0.3 is 0 Å². The molecule has 3 N–H and O–H groups in total. The molecule has 218 valence electrons. The van der Waals surface area contributed by atoms with Crippen LogP contribution in [0.5, 0.6) is 5.75 Å². The molecule has 41 heavy (non-hydrogen) atoms. The third-order valence-corrected chi connectivity index (χ3v) is 9.82. The van der Waals surface area contributed by atoms with Gasteiger partial charge in [0.15, 0.2) is 15.5 Å². The number of fused-ring (bicyclic) bond motifs is 1. The predicted molar refractivity (Wildman–Crippen MR) is 163 cm³/mol. The molecule has 1 saturated heterocycles. The van der Waals surface area contributed by atoms with E-state index in [4.69, 9.17) is 10.5 Å². The Balaban J connectivity index is 1.60. The van der Waals surface area contributed by atoms with E-state index in [1.54, 1.807) is 49.0 Å². The summed E-state index contributed by atoms with van der Waals surface area (Å²) in [6.07, 6.45) is 3.83. The van der Waals surface area contributed by atoms with E-state index in [0.29, 0.717) is 28.5 Å². The Morgan fingerprint density at radius 3 is 2.46 bits per heavy atom. The van der Waals surface area contributed by atoms with Gasteiger partial charge in [0.2, 0.25) is 5.95 Å². The molecule has 0 saturated carbocycles. The second kappa shape index (κ2) is 11.3. The number of sulfone groups is 1. The first-order chi connectivity index (χ1) is 19.5. The molecule has 0 atom stereocenters. The van der Waals surface area contributed by atoms with Crippen molar-refractivity contribution in [1.82, 2.24) is 24.6 Å². The minimum absolute atomic E-state index is 0.0388. The molecule has 0 spiro atoms. The summed E-state index contributed by atoms with van der Waals surface area (Å²) in [6, 6.07) is 11.0. The number of hydrogen-bond donors (Lipinski definition) is 2. The number of piperidine rings is 1. The van der Waals surface area contributed by atoms with Gasteiger partial charge in [-0.3, -0.25) is 0 Å². The maximum Gasteiger partial charge on any atom is 0.224 e. The van der Waals surface area contributed by atoms with Gasteiger partial charge in [0.1, 0.15) is 17.3 Å². The van der Waals surface area contributed by atoms with Crippen LogP contribution in [-0.4, -0.2) is 64.6 Å². The number of nitrogens with zero attached hydrogens (tertiary/aromatic N) is 5. The fraction of sp³-hybridized carbons (Fsp3) is 0.433. The first-order valence-corrected chi connectivity index (χ1v) is 15.6. The van der Waals surface area contributed by atoms with E-state index < -0.39 is 15.1 Å². The zero-order valence-electron chi connectivity index (χ0n) is 24.5. The van der Waals surface area contributed by atoms with Gasteiger partial charge in [0, 0.05) is 0 Å². The standard InChI is InChI=1S/C30H39N7O3S/c1-18(2)40-26-16-22(21-11-13-36(6)14-12-21)20(5)15-25(26)37-29-23(17-32-37)28(34-30(31)35-29)33-24-9-7-8-10-27(24)41(38,39)19(3)4/h7-10,15-19,21H,11-14H2,1-6H3,(H3,31,33,34,35). The zero-order chi connectivity index (χ0) is 29.5. The maximum atomic E-state index is 13.0. The number of para-hydroxylation sites is 1. The van der Waals surface area contributed by atoms with E-state index in [9.17, 15) is 8.42 Å². The summed E-state index contributed by atoms with van der Waals surface area (Å²) in [5, 5.41) is 7.90. The summed E-state index contributed by atoms with van der Waals surface area (Å²) in [5.41, 5.74) is 10.3. The predicted octanol–water partition coefficient (Wildman–Crippen LogP) is 5.23. The number of aryl methyl sites for hydroxylation is 1. The number of aromatic nitrogens is 4. The van der Waals surface area contributed by atoms with Crippen molar-refractivity contribution < 1.29 is 13.2 Å². The molecular weight excluding hydrogens is 538 g/mol. The van der Waals surface area contributed by atoms with Crippen LogP contribution in [0.2, 0.25) is 0 Å². The third kappa shape index (κ3) is 5.73. The molecular formula is C30H39N7O3S. The van der Waals surface area contributed by atoms with Crippen molar-refractivity contribution in [3.63, 3.8) is 0 Å². The van der Waals surface area contributed by atoms with Crippen molar-refractivity contribution in [3.05, 3.63) is 53.7 Å². The van der Waals surface area contributed by atoms with Crippen molar-refractivity contribution in [1.29, 1.82) is 0 Å². The van der Waals surface area contributed by atoms with Crippen LogP contribution in [0.4, 0.5) is 17.5 Å². The number of nitrogen functional groups attached to an aromatic ring is 1. The number of anilines is 3. The van der Waals surface area contributed by atoms with Crippen LogP contribution >= 0.6 is 0 Å². The molecule has 0 unspecified atom stereocenters. The van der Waals surface area contributed by atoms with Gasteiger partial charge < -0.3 is 20.7 Å². The van der Waals surface area contributed by atoms with Crippen LogP contribution < -0.4 is 15.8 Å². The Bertz CT molecular complexity index is 1670. The summed E-state index contributed by atoms with van der Waals surface area (Å²) in [4.78, 5) is 11.5. The molecule has 2 aromatic carbocycles. The van der Waals surface area contributed by atoms with Crippen LogP contribution in [0.1, 0.15) is 57.6 Å². The average Bonchev–Trinajstić information content (AvgIpc) is 3.33. The number of nitrogens with two attached hydrogens (primary N) is 1. The summed E-state index contributed by atoms with van der Waals surface area (Å²) in [6.45, 7) is 11.6. The molecule has 11 heteroatoms. The minimum atomic E-state index is -3.54. The van der Waals surface area contributed by atoms with E-state index in [1.165, 1.54) is 11.1 Å². The van der Waals surface area contributed by atoms with Gasteiger partial charge in [-0.05, 0) is 109 Å². The monoisotopic (exact) mass is 577 g/mol. The molecule has 10 nitrogen and oxygen atoms in total. The Labute approximate surface area is 241 Å². The molecule has 3 heterocycles. The van der Waals surface area contributed by atoms with Gasteiger partial charge in [0.05, 0.1) is 33.5 Å². The third-order valence-electron chi connectivity index (χ3n) is 7.61. The van der Waals surface area contributed by atoms with Gasteiger partial charge in [-0.2, -0.15) is 15.1 Å². The van der Waals surface area contributed by atoms with Crippen LogP contribution in [0, 0.1) is 6.92 Å². The summed E-state index contributed by atoms with van der Waals surface area (Å²) >= 11 is 0. The van der Waals surface area contributed by atoms with E-state index >= 15 is 0 Å². The highest BCUT2D eigenvalue weighted by atomic mass is 32.2. The topological polar surface area (TPSA) is 128 Å². The van der Waals surface area contributed by atoms with Crippen molar-refractivity contribution in [2.45, 2.75) is 69.6 Å². The van der Waals surface area contributed by atoms with Crippen LogP contribution in [0.25, 0.3) is 16.7 Å². The molecule has 4 aromatic rings. The lowest BCUT2D eigenvalue weighted by Gasteiger charge is -2.30. The van der Waals surface area contributed by atoms with Crippen molar-refractivity contribution in [2.24, 2.45) is 0 Å². The molecule has 1 aliphatic rings. The average molecular weight is 578 g/mol. The molecule has 1 aliphatic heterocycles. The maximum absolute atomic E-state index is 13.0. The van der Waals surface area contributed by atoms with Crippen LogP contribution in [0.15, 0.2) is 47.5 Å². The largest absolute Gasteiger partial charge is 0.489 e. The fourth-order valence-electron chi connectivity index (χ4n) is 5.36. The number of hydrogen-bond acceptors (Lipinski definition) is 9. The summed E-state index contributed by atoms with van der Waals surface area (Å²) in [5.74, 6) is 1.61. The van der Waals surface area contributed by atoms with Gasteiger partial charge in [-0.25, -0.2) is 13.1 Å². The van der Waals surface area contributed by atoms with E-state index in [-0.39, 0.29) is 16.9 Å². The first-order valence-electron chi connectivity index (χ1n) is 14.1. The van der Waals surface area contributed by atoms with Gasteiger partial charge in [-0.1, -0.05) is 12.1 Å². The lowest BCUT2D eigenvalue weighted by atomic mass is 9.86. The molecule has 0 radical (unpaired) electrons. The van der Waals surface area contributed by atoms with E-state index in [0.717, 1.165) is 37.4 Å². The highest BCUT2D eigenvalue weighted by Crippen LogP contribution is 2.38. The second-order valence-electron chi connectivity index (χ2n) is 11.4. The minimum Gasteiger partial charge on any atom is -0.489 e. The fourth-order valence-corrected chi connectivity index (χ4v) is 6.56. The van der Waals surface area contributed by atoms with Gasteiger partial charge in [-0.15, -0.1) is 0 Å². The highest BCUT2D eigenvalue weighted by molar-refractivity contribution is 7.92. The molecule has 0 bridgehead atoms. The first kappa shape index (κ1) is 28.8. The summed E-state index contributed by atoms with van der Waals surface area (Å²) in [7, 11) is -1.38. The highest BCUT2D eigenvalue weighted by Gasteiger charge is 2.26. The number of nitrogens with one attached hydrogen (secondary N) is 1. The normalized spacial score (nSPS) is 15.2. The lowest BCUT2D eigenvalue weighted by Crippen LogP contribution is -2.29. The SMILES string of the molecule is Cc1cc(-n2ncc3c(Nc4ccccc4S(=O)(=O)C(C)C)nc(N)nc32)c(OC(C)C)cc1C1CCN(C)CC1. The number of benzene rings is 2. The quantitative estimate of drug-likeness (QED) is 0.289. The van der Waals surface area contributed by atoms with Crippen LogP contribution in [0.3, 0.4) is 0 Å². The molecule has 2 aromatic heterocycles. The Kier molecular flexibility index (Phi) is 7.93. The molecule has 1 fully saturated rings. The summed E-state index contributed by atoms with van der Waals surface area (Å²) < 4.78 is 34.1. The van der Waals surface area contributed by atoms with E-state index in [2.05, 4.69) is 51.4 Å². The second-order valence-corrected chi connectivity index (χ2v) is 13.8. The van der Waals surface area contributed by atoms with Crippen molar-refractivity contribution in [3.8, 4) is 11.4 Å².